The van der Waals surface area contributed by atoms with Crippen LogP contribution in [0.15, 0.2) is 4.99 Å². The molecule has 4 aliphatic rings. The van der Waals surface area contributed by atoms with E-state index in [2.05, 4.69) is 30.9 Å². The lowest BCUT2D eigenvalue weighted by Gasteiger charge is -2.63. The number of nitrogens with zero attached hydrogens (tertiary/aromatic N) is 1. The maximum Gasteiger partial charge on any atom is 0.139 e. The van der Waals surface area contributed by atoms with Crippen molar-refractivity contribution < 1.29 is 4.79 Å². The van der Waals surface area contributed by atoms with Gasteiger partial charge in [0.05, 0.1) is 10.7 Å². The summed E-state index contributed by atoms with van der Waals surface area (Å²) in [5.41, 5.74) is 0.589. The fourth-order valence-electron chi connectivity index (χ4n) is 7.71. The van der Waals surface area contributed by atoms with E-state index in [0.29, 0.717) is 28.4 Å². The SMILES string of the molecule is C[C@@]12CCC3[C@@](CCC4[C@@]3(C)CCC[C@@]4(C)N=C=S)(CC1=O)C2. The second-order valence-corrected chi connectivity index (χ2v) is 9.98. The molecule has 6 atom stereocenters. The molecule has 0 aliphatic heterocycles. The van der Waals surface area contributed by atoms with Crippen molar-refractivity contribution >= 4 is 23.2 Å². The summed E-state index contributed by atoms with van der Waals surface area (Å²) in [5, 5.41) is 2.70. The fraction of sp³-hybridized carbons (Fsp3) is 0.900. The van der Waals surface area contributed by atoms with Crippen molar-refractivity contribution in [2.24, 2.45) is 33.1 Å². The molecule has 0 aromatic heterocycles. The molecule has 0 N–H and O–H groups in total. The summed E-state index contributed by atoms with van der Waals surface area (Å²) in [7, 11) is 0. The summed E-state index contributed by atoms with van der Waals surface area (Å²) in [4.78, 5) is 17.3. The maximum absolute atomic E-state index is 12.7. The van der Waals surface area contributed by atoms with Crippen LogP contribution in [-0.2, 0) is 4.79 Å². The van der Waals surface area contributed by atoms with Crippen molar-refractivity contribution in [3.63, 3.8) is 0 Å². The average Bonchev–Trinajstić information content (AvgIpc) is 2.64. The summed E-state index contributed by atoms with van der Waals surface area (Å²) in [6.07, 6.45) is 10.5. The molecule has 2 nitrogen and oxygen atoms in total. The molecular weight excluding hydrogens is 302 g/mol. The van der Waals surface area contributed by atoms with E-state index < -0.39 is 0 Å². The molecule has 2 bridgehead atoms. The number of rotatable bonds is 1. The van der Waals surface area contributed by atoms with Gasteiger partial charge in [-0.3, -0.25) is 4.79 Å². The first kappa shape index (κ1) is 16.0. The Morgan fingerprint density at radius 2 is 1.83 bits per heavy atom. The van der Waals surface area contributed by atoms with E-state index in [1.165, 1.54) is 32.1 Å². The number of carbonyl (C=O) groups is 1. The number of aliphatic imine (C=N–C) groups is 1. The molecule has 0 heterocycles. The average molecular weight is 332 g/mol. The molecule has 2 unspecified atom stereocenters. The first-order chi connectivity index (χ1) is 10.8. The lowest BCUT2D eigenvalue weighted by molar-refractivity contribution is -0.132. The van der Waals surface area contributed by atoms with Crippen LogP contribution >= 0.6 is 12.2 Å². The first-order valence-electron chi connectivity index (χ1n) is 9.41. The molecule has 4 fully saturated rings. The summed E-state index contributed by atoms with van der Waals surface area (Å²) >= 11 is 4.97. The highest BCUT2D eigenvalue weighted by Gasteiger charge is 2.67. The van der Waals surface area contributed by atoms with Crippen LogP contribution in [0, 0.1) is 28.1 Å². The molecule has 4 aliphatic carbocycles. The quantitative estimate of drug-likeness (QED) is 0.487. The number of ketones is 1. The van der Waals surface area contributed by atoms with Crippen LogP contribution < -0.4 is 0 Å². The van der Waals surface area contributed by atoms with E-state index in [0.717, 1.165) is 25.7 Å². The molecular formula is C20H29NOS. The lowest BCUT2D eigenvalue weighted by atomic mass is 9.42. The molecule has 0 amide bonds. The molecule has 1 spiro atoms. The summed E-state index contributed by atoms with van der Waals surface area (Å²) in [6, 6.07) is 0. The van der Waals surface area contributed by atoms with Gasteiger partial charge >= 0.3 is 0 Å². The van der Waals surface area contributed by atoms with Crippen LogP contribution in [-0.4, -0.2) is 16.5 Å². The summed E-state index contributed by atoms with van der Waals surface area (Å²) in [6.45, 7) is 7.06. The number of isothiocyanates is 1. The number of hydrogen-bond donors (Lipinski definition) is 0. The minimum absolute atomic E-state index is 0.00971. The van der Waals surface area contributed by atoms with Gasteiger partial charge in [0.1, 0.15) is 5.78 Å². The van der Waals surface area contributed by atoms with Crippen LogP contribution in [0.25, 0.3) is 0 Å². The third-order valence-electron chi connectivity index (χ3n) is 8.63. The second-order valence-electron chi connectivity index (χ2n) is 9.80. The van der Waals surface area contributed by atoms with Gasteiger partial charge in [-0.1, -0.05) is 20.3 Å². The molecule has 126 valence electrons. The monoisotopic (exact) mass is 331 g/mol. The van der Waals surface area contributed by atoms with Crippen LogP contribution in [0.5, 0.6) is 0 Å². The van der Waals surface area contributed by atoms with E-state index in [1.54, 1.807) is 0 Å². The summed E-state index contributed by atoms with van der Waals surface area (Å²) < 4.78 is 0. The number of Topliss-reactive ketones (excluding diaryl/α,β-unsaturated/α-hetero) is 1. The van der Waals surface area contributed by atoms with E-state index >= 15 is 0 Å². The first-order valence-corrected chi connectivity index (χ1v) is 9.81. The Balaban J connectivity index is 1.75. The fourth-order valence-corrected chi connectivity index (χ4v) is 7.92. The van der Waals surface area contributed by atoms with Gasteiger partial charge in [-0.05, 0) is 86.8 Å². The van der Waals surface area contributed by atoms with Crippen LogP contribution in [0.3, 0.4) is 0 Å². The molecule has 3 heteroatoms. The van der Waals surface area contributed by atoms with E-state index in [1.807, 2.05) is 0 Å². The van der Waals surface area contributed by atoms with Gasteiger partial charge < -0.3 is 0 Å². The van der Waals surface area contributed by atoms with Gasteiger partial charge in [-0.15, -0.1) is 0 Å². The van der Waals surface area contributed by atoms with Crippen molar-refractivity contribution in [3.8, 4) is 0 Å². The Morgan fingerprint density at radius 3 is 2.57 bits per heavy atom. The van der Waals surface area contributed by atoms with Crippen LogP contribution in [0.1, 0.15) is 78.6 Å². The molecule has 0 radical (unpaired) electrons. The predicted molar refractivity (Wildman–Crippen MR) is 95.6 cm³/mol. The third-order valence-corrected chi connectivity index (χ3v) is 8.72. The summed E-state index contributed by atoms with van der Waals surface area (Å²) in [5.74, 6) is 1.86. The molecule has 4 rings (SSSR count). The van der Waals surface area contributed by atoms with Crippen molar-refractivity contribution in [1.82, 2.24) is 0 Å². The molecule has 4 saturated carbocycles. The van der Waals surface area contributed by atoms with E-state index in [4.69, 9.17) is 12.2 Å². The lowest BCUT2D eigenvalue weighted by Crippen LogP contribution is -2.58. The van der Waals surface area contributed by atoms with Gasteiger partial charge in [0.25, 0.3) is 0 Å². The topological polar surface area (TPSA) is 29.4 Å². The number of fused-ring (bicyclic) bond motifs is 3. The van der Waals surface area contributed by atoms with Gasteiger partial charge in [0, 0.05) is 11.8 Å². The predicted octanol–water partition coefficient (Wildman–Crippen LogP) is 5.21. The number of thiocarbonyl (C=S) groups is 1. The highest BCUT2D eigenvalue weighted by atomic mass is 32.1. The highest BCUT2D eigenvalue weighted by Crippen LogP contribution is 2.72. The highest BCUT2D eigenvalue weighted by molar-refractivity contribution is 7.78. The standard InChI is InChI=1S/C20H29NOS/c1-17-9-5-15-18(2)7-4-8-19(3,21-13-23)14(18)6-10-20(15,12-17)11-16(17)22/h14-15H,4-12H2,1-3H3/t14?,15?,17-,18+,19+,20-/m0/s1. The van der Waals surface area contributed by atoms with Crippen molar-refractivity contribution in [1.29, 1.82) is 0 Å². The minimum atomic E-state index is -0.0281. The van der Waals surface area contributed by atoms with Crippen molar-refractivity contribution in [3.05, 3.63) is 0 Å². The Morgan fingerprint density at radius 1 is 1.09 bits per heavy atom. The number of hydrogen-bond acceptors (Lipinski definition) is 3. The zero-order valence-electron chi connectivity index (χ0n) is 14.8. The Labute approximate surface area is 145 Å². The number of carbonyl (C=O) groups excluding carboxylic acids is 1. The second kappa shape index (κ2) is 4.76. The zero-order chi connectivity index (χ0) is 16.5. The van der Waals surface area contributed by atoms with E-state index in [9.17, 15) is 4.79 Å². The van der Waals surface area contributed by atoms with Crippen molar-refractivity contribution in [2.45, 2.75) is 84.1 Å². The molecule has 0 aromatic carbocycles. The smallest absolute Gasteiger partial charge is 0.139 e. The Hall–Kier alpha value is -0.530. The third kappa shape index (κ3) is 1.96. The van der Waals surface area contributed by atoms with Gasteiger partial charge in [0.2, 0.25) is 0 Å². The van der Waals surface area contributed by atoms with Crippen molar-refractivity contribution in [2.75, 3.05) is 0 Å². The van der Waals surface area contributed by atoms with Gasteiger partial charge in [-0.2, -0.15) is 0 Å². The Bertz CT molecular complexity index is 611. The Kier molecular flexibility index (Phi) is 3.30. The molecule has 23 heavy (non-hydrogen) atoms. The van der Waals surface area contributed by atoms with E-state index in [-0.39, 0.29) is 11.0 Å². The largest absolute Gasteiger partial charge is 0.299 e. The van der Waals surface area contributed by atoms with Crippen LogP contribution in [0.4, 0.5) is 0 Å². The minimum Gasteiger partial charge on any atom is -0.299 e. The van der Waals surface area contributed by atoms with Gasteiger partial charge in [0.15, 0.2) is 0 Å². The normalized spacial score (nSPS) is 54.8. The molecule has 0 saturated heterocycles. The zero-order valence-corrected chi connectivity index (χ0v) is 15.6. The molecule has 0 aromatic rings. The van der Waals surface area contributed by atoms with Gasteiger partial charge in [-0.25, -0.2) is 4.99 Å². The maximum atomic E-state index is 12.7. The van der Waals surface area contributed by atoms with Crippen LogP contribution in [0.2, 0.25) is 0 Å².